The molecule has 5 heteroatoms. The summed E-state index contributed by atoms with van der Waals surface area (Å²) in [6.45, 7) is 10.2. The van der Waals surface area contributed by atoms with Gasteiger partial charge in [-0.05, 0) is 31.2 Å². The van der Waals surface area contributed by atoms with E-state index in [-0.39, 0.29) is 0 Å². The van der Waals surface area contributed by atoms with Crippen LogP contribution >= 0.6 is 0 Å². The van der Waals surface area contributed by atoms with Crippen molar-refractivity contribution in [2.45, 2.75) is 39.3 Å². The monoisotopic (exact) mass is 290 g/mol. The number of aldehydes is 1. The van der Waals surface area contributed by atoms with Gasteiger partial charge in [0.15, 0.2) is 0 Å². The average molecular weight is 290 g/mol. The molecule has 0 spiro atoms. The third kappa shape index (κ3) is 3.55. The van der Waals surface area contributed by atoms with Crippen LogP contribution in [0.3, 0.4) is 0 Å². The number of benzene rings is 1. The molecule has 0 saturated carbocycles. The molecule has 1 aromatic carbocycles. The fourth-order valence-corrected chi connectivity index (χ4v) is 2.82. The quantitative estimate of drug-likeness (QED) is 0.465. The number of ether oxygens (including phenoxy) is 1. The average Bonchev–Trinajstić information content (AvgIpc) is 2.70. The maximum absolute atomic E-state index is 10.8. The van der Waals surface area contributed by atoms with Gasteiger partial charge < -0.3 is 4.74 Å². The number of nitrogens with zero attached hydrogens (tertiary/aromatic N) is 2. The first-order chi connectivity index (χ1) is 9.40. The molecule has 1 aromatic heterocycles. The van der Waals surface area contributed by atoms with Crippen molar-refractivity contribution in [3.05, 3.63) is 29.5 Å². The summed E-state index contributed by atoms with van der Waals surface area (Å²) in [4.78, 5) is 10.8. The first kappa shape index (κ1) is 14.9. The molecule has 0 bridgehead atoms. The molecule has 0 N–H and O–H groups in total. The Kier molecular flexibility index (Phi) is 4.40. The van der Waals surface area contributed by atoms with E-state index in [0.29, 0.717) is 12.3 Å². The second-order valence-electron chi connectivity index (χ2n) is 6.33. The molecule has 4 nitrogen and oxygen atoms in total. The number of aromatic nitrogens is 2. The second kappa shape index (κ2) is 5.89. The highest BCUT2D eigenvalue weighted by Crippen LogP contribution is 2.19. The fraction of sp³-hybridized carbons (Fsp3) is 0.467. The van der Waals surface area contributed by atoms with Gasteiger partial charge >= 0.3 is 0 Å². The zero-order valence-corrected chi connectivity index (χ0v) is 13.6. The molecule has 2 rings (SSSR count). The topological polar surface area (TPSA) is 44.1 Å². The first-order valence-corrected chi connectivity index (χ1v) is 10.6. The Morgan fingerprint density at radius 2 is 2.10 bits per heavy atom. The molecule has 0 atom stereocenters. The van der Waals surface area contributed by atoms with Crippen LogP contribution in [0.25, 0.3) is 10.9 Å². The molecule has 2 aromatic rings. The van der Waals surface area contributed by atoms with E-state index in [9.17, 15) is 4.79 Å². The number of carbonyl (C=O) groups excluding carboxylic acids is 1. The lowest BCUT2D eigenvalue weighted by atomic mass is 10.1. The molecule has 0 aliphatic rings. The van der Waals surface area contributed by atoms with Gasteiger partial charge in [-0.3, -0.25) is 4.79 Å². The third-order valence-corrected chi connectivity index (χ3v) is 5.01. The minimum absolute atomic E-state index is 0.468. The Balaban J connectivity index is 2.09. The molecule has 0 aliphatic carbocycles. The lowest BCUT2D eigenvalue weighted by Gasteiger charge is -2.15. The number of aryl methyl sites for hydroxylation is 1. The summed E-state index contributed by atoms with van der Waals surface area (Å²) in [7, 11) is -1.05. The molecule has 0 amide bonds. The van der Waals surface area contributed by atoms with Gasteiger partial charge in [0.05, 0.1) is 11.2 Å². The largest absolute Gasteiger partial charge is 0.360 e. The lowest BCUT2D eigenvalue weighted by molar-refractivity contribution is 0.0815. The summed E-state index contributed by atoms with van der Waals surface area (Å²) in [5.74, 6) is 0. The van der Waals surface area contributed by atoms with E-state index in [0.717, 1.165) is 35.5 Å². The van der Waals surface area contributed by atoms with Crippen LogP contribution in [0.4, 0.5) is 0 Å². The standard InChI is InChI=1S/C15H22N2O2Si/c1-12-14-9-13(10-18)5-6-15(14)17(16-12)11-19-7-8-20(2,3)4/h5-6,9-10H,7-8,11H2,1-4H3. The maximum Gasteiger partial charge on any atom is 0.150 e. The third-order valence-electron chi connectivity index (χ3n) is 3.31. The van der Waals surface area contributed by atoms with Crippen molar-refractivity contribution in [3.63, 3.8) is 0 Å². The Morgan fingerprint density at radius 3 is 2.75 bits per heavy atom. The van der Waals surface area contributed by atoms with Crippen molar-refractivity contribution in [2.24, 2.45) is 0 Å². The van der Waals surface area contributed by atoms with E-state index in [1.807, 2.05) is 29.8 Å². The van der Waals surface area contributed by atoms with Gasteiger partial charge in [0.1, 0.15) is 13.0 Å². The Labute approximate surface area is 120 Å². The van der Waals surface area contributed by atoms with Crippen LogP contribution in [0.15, 0.2) is 18.2 Å². The van der Waals surface area contributed by atoms with Gasteiger partial charge in [-0.15, -0.1) is 0 Å². The fourth-order valence-electron chi connectivity index (χ4n) is 2.06. The van der Waals surface area contributed by atoms with E-state index in [1.54, 1.807) is 0 Å². The summed E-state index contributed by atoms with van der Waals surface area (Å²) in [6, 6.07) is 6.78. The van der Waals surface area contributed by atoms with Crippen LogP contribution in [0.1, 0.15) is 16.1 Å². The highest BCUT2D eigenvalue weighted by Gasteiger charge is 2.13. The molecule has 20 heavy (non-hydrogen) atoms. The number of rotatable bonds is 6. The van der Waals surface area contributed by atoms with Gasteiger partial charge in [-0.25, -0.2) is 4.68 Å². The molecule has 1 heterocycles. The zero-order chi connectivity index (χ0) is 14.8. The van der Waals surface area contributed by atoms with Crippen molar-refractivity contribution in [2.75, 3.05) is 6.61 Å². The van der Waals surface area contributed by atoms with Crippen LogP contribution in [0.5, 0.6) is 0 Å². The van der Waals surface area contributed by atoms with Crippen molar-refractivity contribution in [1.29, 1.82) is 0 Å². The van der Waals surface area contributed by atoms with Crippen molar-refractivity contribution in [3.8, 4) is 0 Å². The second-order valence-corrected chi connectivity index (χ2v) is 11.9. The van der Waals surface area contributed by atoms with Crippen LogP contribution in [-0.4, -0.2) is 30.7 Å². The van der Waals surface area contributed by atoms with Gasteiger partial charge in [0.25, 0.3) is 0 Å². The lowest BCUT2D eigenvalue weighted by Crippen LogP contribution is -2.22. The summed E-state index contributed by atoms with van der Waals surface area (Å²) in [5, 5.41) is 5.50. The van der Waals surface area contributed by atoms with E-state index in [1.165, 1.54) is 0 Å². The molecular formula is C15H22N2O2Si. The summed E-state index contributed by atoms with van der Waals surface area (Å²) >= 11 is 0. The molecule has 0 unspecified atom stereocenters. The number of hydrogen-bond donors (Lipinski definition) is 0. The number of fused-ring (bicyclic) bond motifs is 1. The summed E-state index contributed by atoms with van der Waals surface area (Å²) < 4.78 is 7.60. The summed E-state index contributed by atoms with van der Waals surface area (Å²) in [6.07, 6.45) is 0.862. The predicted octanol–water partition coefficient (Wildman–Crippen LogP) is 3.47. The van der Waals surface area contributed by atoms with Crippen LogP contribution in [0, 0.1) is 6.92 Å². The molecular weight excluding hydrogens is 268 g/mol. The van der Waals surface area contributed by atoms with Crippen LogP contribution in [0.2, 0.25) is 25.7 Å². The first-order valence-electron chi connectivity index (χ1n) is 6.91. The Hall–Kier alpha value is -1.46. The van der Waals surface area contributed by atoms with Gasteiger partial charge in [0.2, 0.25) is 0 Å². The van der Waals surface area contributed by atoms with Crippen molar-refractivity contribution in [1.82, 2.24) is 9.78 Å². The van der Waals surface area contributed by atoms with E-state index >= 15 is 0 Å². The minimum Gasteiger partial charge on any atom is -0.360 e. The molecule has 0 saturated heterocycles. The number of carbonyl (C=O) groups is 1. The SMILES string of the molecule is Cc1nn(COCC[Si](C)(C)C)c2ccc(C=O)cc12. The zero-order valence-electron chi connectivity index (χ0n) is 12.6. The van der Waals surface area contributed by atoms with E-state index in [2.05, 4.69) is 24.7 Å². The van der Waals surface area contributed by atoms with Crippen molar-refractivity contribution >= 4 is 25.3 Å². The highest BCUT2D eigenvalue weighted by atomic mass is 28.3. The molecule has 108 valence electrons. The normalized spacial score (nSPS) is 12.0. The molecule has 0 aliphatic heterocycles. The van der Waals surface area contributed by atoms with E-state index < -0.39 is 8.07 Å². The summed E-state index contributed by atoms with van der Waals surface area (Å²) in [5.41, 5.74) is 2.62. The molecule has 0 fully saturated rings. The van der Waals surface area contributed by atoms with E-state index in [4.69, 9.17) is 4.74 Å². The maximum atomic E-state index is 10.8. The Morgan fingerprint density at radius 1 is 1.35 bits per heavy atom. The smallest absolute Gasteiger partial charge is 0.150 e. The van der Waals surface area contributed by atoms with Gasteiger partial charge in [0, 0.05) is 25.6 Å². The predicted molar refractivity (Wildman–Crippen MR) is 84.0 cm³/mol. The number of hydrogen-bond acceptors (Lipinski definition) is 3. The van der Waals surface area contributed by atoms with Crippen LogP contribution in [-0.2, 0) is 11.5 Å². The molecule has 0 radical (unpaired) electrons. The highest BCUT2D eigenvalue weighted by molar-refractivity contribution is 6.76. The van der Waals surface area contributed by atoms with Gasteiger partial charge in [-0.2, -0.15) is 5.10 Å². The van der Waals surface area contributed by atoms with Crippen LogP contribution < -0.4 is 0 Å². The Bertz CT molecular complexity index is 614. The van der Waals surface area contributed by atoms with Gasteiger partial charge in [-0.1, -0.05) is 19.6 Å². The minimum atomic E-state index is -1.05. The van der Waals surface area contributed by atoms with Crippen molar-refractivity contribution < 1.29 is 9.53 Å².